The van der Waals surface area contributed by atoms with Crippen molar-refractivity contribution in [3.63, 3.8) is 0 Å². The molecule has 31 heavy (non-hydrogen) atoms. The number of oxime groups is 1. The number of carbonyl (C=O) groups is 1. The molecule has 1 aromatic heterocycles. The lowest BCUT2D eigenvalue weighted by Gasteiger charge is -2.31. The highest BCUT2D eigenvalue weighted by molar-refractivity contribution is 7.90. The normalized spacial score (nSPS) is 17.8. The van der Waals surface area contributed by atoms with Crippen LogP contribution in [0.5, 0.6) is 0 Å². The molecule has 1 atom stereocenters. The summed E-state index contributed by atoms with van der Waals surface area (Å²) in [6, 6.07) is 4.80. The van der Waals surface area contributed by atoms with Gasteiger partial charge in [0.05, 0.1) is 28.0 Å². The first kappa shape index (κ1) is 23.4. The second-order valence-corrected chi connectivity index (χ2v) is 10.3. The molecule has 1 amide bonds. The number of benzene rings is 1. The molecule has 1 aliphatic carbocycles. The number of hydrogen-bond donors (Lipinski definition) is 2. The molecule has 1 saturated carbocycles. The van der Waals surface area contributed by atoms with Crippen molar-refractivity contribution in [1.29, 1.82) is 0 Å². The summed E-state index contributed by atoms with van der Waals surface area (Å²) in [4.78, 5) is 20.7. The van der Waals surface area contributed by atoms with E-state index in [2.05, 4.69) is 20.4 Å². The van der Waals surface area contributed by atoms with Gasteiger partial charge in [0.1, 0.15) is 5.15 Å². The van der Waals surface area contributed by atoms with Gasteiger partial charge in [-0.15, -0.1) is 0 Å². The van der Waals surface area contributed by atoms with E-state index < -0.39 is 9.84 Å². The predicted octanol–water partition coefficient (Wildman–Crippen LogP) is 4.32. The first-order valence-electron chi connectivity index (χ1n) is 9.64. The summed E-state index contributed by atoms with van der Waals surface area (Å²) >= 11 is 12.0. The average Bonchev–Trinajstić information content (AvgIpc) is 2.73. The van der Waals surface area contributed by atoms with Crippen molar-refractivity contribution in [3.05, 3.63) is 46.3 Å². The molecule has 2 N–H and O–H groups in total. The summed E-state index contributed by atoms with van der Waals surface area (Å²) in [6.07, 6.45) is 6.71. The molecule has 1 fully saturated rings. The fourth-order valence-corrected chi connectivity index (χ4v) is 5.29. The zero-order valence-electron chi connectivity index (χ0n) is 16.8. The van der Waals surface area contributed by atoms with Crippen molar-refractivity contribution in [1.82, 2.24) is 9.97 Å². The van der Waals surface area contributed by atoms with Crippen LogP contribution in [0.4, 0.5) is 5.82 Å². The average molecular weight is 485 g/mol. The van der Waals surface area contributed by atoms with Gasteiger partial charge < -0.3 is 10.5 Å². The number of amides is 1. The molecule has 3 rings (SSSR count). The molecule has 1 aliphatic rings. The van der Waals surface area contributed by atoms with Gasteiger partial charge in [-0.1, -0.05) is 34.4 Å². The zero-order valence-corrected chi connectivity index (χ0v) is 19.1. The Labute approximate surface area is 190 Å². The van der Waals surface area contributed by atoms with Gasteiger partial charge in [-0.2, -0.15) is 0 Å². The number of aromatic nitrogens is 2. The molecule has 1 heterocycles. The molecule has 0 bridgehead atoms. The summed E-state index contributed by atoms with van der Waals surface area (Å²) in [7, 11) is -3.46. The maximum atomic E-state index is 12.8. The Balaban J connectivity index is 1.85. The van der Waals surface area contributed by atoms with E-state index in [9.17, 15) is 13.2 Å². The number of sulfone groups is 1. The van der Waals surface area contributed by atoms with Crippen molar-refractivity contribution in [2.24, 2.45) is 11.1 Å². The van der Waals surface area contributed by atoms with Gasteiger partial charge in [0.25, 0.3) is 0 Å². The van der Waals surface area contributed by atoms with Gasteiger partial charge in [-0.05, 0) is 55.2 Å². The molecule has 0 spiro atoms. The number of carbonyl (C=O) groups excluding carboxylic acids is 1. The highest BCUT2D eigenvalue weighted by atomic mass is 35.5. The third-order valence-electron chi connectivity index (χ3n) is 5.39. The Hall–Kier alpha value is -2.23. The van der Waals surface area contributed by atoms with Crippen LogP contribution in [-0.4, -0.2) is 41.5 Å². The smallest absolute Gasteiger partial charge is 0.226 e. The first-order chi connectivity index (χ1) is 14.7. The highest BCUT2D eigenvalue weighted by Gasteiger charge is 2.30. The standard InChI is InChI=1S/C20H22Cl2N4O4S/c1-31(29,30)17-7-4-13(8-16(17)21)15(12-2-5-14(26-28)6-3-12)9-20(27)25-19-11-23-18(22)10-24-19/h4,7-8,10-12,15,28H,2-3,5-6,9H2,1H3,(H,24,25,27)/t12?,15-/m1/s1. The van der Waals surface area contributed by atoms with Crippen LogP contribution in [0.15, 0.2) is 40.6 Å². The summed E-state index contributed by atoms with van der Waals surface area (Å²) < 4.78 is 23.8. The van der Waals surface area contributed by atoms with Gasteiger partial charge in [-0.3, -0.25) is 4.79 Å². The molecule has 2 aromatic rings. The van der Waals surface area contributed by atoms with Crippen molar-refractivity contribution < 1.29 is 18.4 Å². The fraction of sp³-hybridized carbons (Fsp3) is 0.400. The number of nitrogens with one attached hydrogen (secondary N) is 1. The van der Waals surface area contributed by atoms with Crippen molar-refractivity contribution in [2.45, 2.75) is 42.9 Å². The molecule has 1 aromatic carbocycles. The van der Waals surface area contributed by atoms with E-state index in [4.69, 9.17) is 28.4 Å². The van der Waals surface area contributed by atoms with Gasteiger partial charge in [0, 0.05) is 12.7 Å². The van der Waals surface area contributed by atoms with Crippen LogP contribution in [0.3, 0.4) is 0 Å². The number of anilines is 1. The van der Waals surface area contributed by atoms with Crippen molar-refractivity contribution >= 4 is 50.5 Å². The minimum absolute atomic E-state index is 0.0518. The fourth-order valence-electron chi connectivity index (χ4n) is 3.85. The summed E-state index contributed by atoms with van der Waals surface area (Å²) in [5, 5.41) is 15.4. The van der Waals surface area contributed by atoms with Crippen LogP contribution in [0.25, 0.3) is 0 Å². The van der Waals surface area contributed by atoms with E-state index in [0.29, 0.717) is 12.8 Å². The summed E-state index contributed by atoms with van der Waals surface area (Å²) in [5.41, 5.74) is 1.52. The molecule has 0 unspecified atom stereocenters. The molecular weight excluding hydrogens is 463 g/mol. The van der Waals surface area contributed by atoms with E-state index in [1.807, 2.05) is 0 Å². The van der Waals surface area contributed by atoms with Gasteiger partial charge in [0.2, 0.25) is 5.91 Å². The van der Waals surface area contributed by atoms with Crippen molar-refractivity contribution in [2.75, 3.05) is 11.6 Å². The Morgan fingerprint density at radius 3 is 2.52 bits per heavy atom. The monoisotopic (exact) mass is 484 g/mol. The lowest BCUT2D eigenvalue weighted by molar-refractivity contribution is -0.116. The Bertz CT molecular complexity index is 1080. The minimum Gasteiger partial charge on any atom is -0.411 e. The zero-order chi connectivity index (χ0) is 22.6. The topological polar surface area (TPSA) is 122 Å². The minimum atomic E-state index is -3.46. The summed E-state index contributed by atoms with van der Waals surface area (Å²) in [5.74, 6) is -0.0391. The second-order valence-electron chi connectivity index (χ2n) is 7.55. The molecular formula is C20H22Cl2N4O4S. The quantitative estimate of drug-likeness (QED) is 0.464. The summed E-state index contributed by atoms with van der Waals surface area (Å²) in [6.45, 7) is 0. The molecule has 166 valence electrons. The van der Waals surface area contributed by atoms with Crippen LogP contribution in [0.2, 0.25) is 10.2 Å². The van der Waals surface area contributed by atoms with Gasteiger partial charge >= 0.3 is 0 Å². The molecule has 0 saturated heterocycles. The Morgan fingerprint density at radius 2 is 1.97 bits per heavy atom. The van der Waals surface area contributed by atoms with Crippen LogP contribution < -0.4 is 5.32 Å². The van der Waals surface area contributed by atoms with E-state index >= 15 is 0 Å². The van der Waals surface area contributed by atoms with Crippen LogP contribution in [-0.2, 0) is 14.6 Å². The Morgan fingerprint density at radius 1 is 1.26 bits per heavy atom. The SMILES string of the molecule is CS(=O)(=O)c1ccc([C@H](CC(=O)Nc2cnc(Cl)cn2)C2CCC(=NO)CC2)cc1Cl. The van der Waals surface area contributed by atoms with Crippen LogP contribution in [0, 0.1) is 5.92 Å². The highest BCUT2D eigenvalue weighted by Crippen LogP contribution is 2.39. The van der Waals surface area contributed by atoms with E-state index in [-0.39, 0.29) is 45.1 Å². The number of halogens is 2. The maximum absolute atomic E-state index is 12.8. The predicted molar refractivity (Wildman–Crippen MR) is 119 cm³/mol. The van der Waals surface area contributed by atoms with E-state index in [1.165, 1.54) is 18.5 Å². The molecule has 0 aliphatic heterocycles. The number of nitrogens with zero attached hydrogens (tertiary/aromatic N) is 3. The molecule has 11 heteroatoms. The number of hydrogen-bond acceptors (Lipinski definition) is 7. The third kappa shape index (κ3) is 6.15. The molecule has 0 radical (unpaired) electrons. The second kappa shape index (κ2) is 9.93. The largest absolute Gasteiger partial charge is 0.411 e. The van der Waals surface area contributed by atoms with Crippen LogP contribution in [0.1, 0.15) is 43.6 Å². The van der Waals surface area contributed by atoms with Crippen LogP contribution >= 0.6 is 23.2 Å². The lowest BCUT2D eigenvalue weighted by atomic mass is 9.74. The Kier molecular flexibility index (Phi) is 7.51. The van der Waals surface area contributed by atoms with E-state index in [0.717, 1.165) is 30.4 Å². The molecule has 8 nitrogen and oxygen atoms in total. The maximum Gasteiger partial charge on any atom is 0.226 e. The van der Waals surface area contributed by atoms with Gasteiger partial charge in [-0.25, -0.2) is 18.4 Å². The lowest BCUT2D eigenvalue weighted by Crippen LogP contribution is -2.25. The number of rotatable bonds is 6. The van der Waals surface area contributed by atoms with E-state index in [1.54, 1.807) is 12.1 Å². The third-order valence-corrected chi connectivity index (χ3v) is 7.17. The van der Waals surface area contributed by atoms with Gasteiger partial charge in [0.15, 0.2) is 15.7 Å². The van der Waals surface area contributed by atoms with Crippen molar-refractivity contribution in [3.8, 4) is 0 Å². The first-order valence-corrected chi connectivity index (χ1v) is 12.3.